The summed E-state index contributed by atoms with van der Waals surface area (Å²) in [7, 11) is -3.82. The molecule has 1 saturated heterocycles. The Hall–Kier alpha value is -1.80. The third kappa shape index (κ3) is 2.56. The van der Waals surface area contributed by atoms with Crippen LogP contribution in [0.2, 0.25) is 0 Å². The molecule has 8 heteroatoms. The number of aryl methyl sites for hydroxylation is 1. The van der Waals surface area contributed by atoms with Crippen molar-refractivity contribution in [2.45, 2.75) is 24.3 Å². The maximum absolute atomic E-state index is 13.9. The van der Waals surface area contributed by atoms with Gasteiger partial charge in [-0.1, -0.05) is 6.07 Å². The predicted octanol–water partition coefficient (Wildman–Crippen LogP) is 1.36. The zero-order valence-corrected chi connectivity index (χ0v) is 12.3. The van der Waals surface area contributed by atoms with Crippen molar-refractivity contribution in [2.24, 2.45) is 0 Å². The first-order chi connectivity index (χ1) is 9.98. The van der Waals surface area contributed by atoms with E-state index in [1.165, 1.54) is 22.8 Å². The molecule has 0 saturated carbocycles. The number of hydrogen-bond acceptors (Lipinski definition) is 4. The van der Waals surface area contributed by atoms with E-state index < -0.39 is 15.8 Å². The molecule has 0 bridgehead atoms. The Morgan fingerprint density at radius 2 is 2.19 bits per heavy atom. The molecule has 1 aromatic heterocycles. The van der Waals surface area contributed by atoms with Crippen molar-refractivity contribution in [1.82, 2.24) is 19.1 Å². The summed E-state index contributed by atoms with van der Waals surface area (Å²) in [5.41, 5.74) is 0.710. The molecule has 0 radical (unpaired) electrons. The number of halogens is 1. The fourth-order valence-corrected chi connectivity index (χ4v) is 4.14. The lowest BCUT2D eigenvalue weighted by Gasteiger charge is -2.17. The van der Waals surface area contributed by atoms with E-state index in [1.54, 1.807) is 24.0 Å². The molecule has 1 atom stereocenters. The summed E-state index contributed by atoms with van der Waals surface area (Å²) in [6.07, 6.45) is 3.61. The van der Waals surface area contributed by atoms with Crippen molar-refractivity contribution < 1.29 is 12.8 Å². The normalized spacial score (nSPS) is 20.0. The summed E-state index contributed by atoms with van der Waals surface area (Å²) >= 11 is 0. The van der Waals surface area contributed by atoms with Gasteiger partial charge in [0.15, 0.2) is 0 Å². The molecule has 2 aromatic rings. The molecule has 21 heavy (non-hydrogen) atoms. The Morgan fingerprint density at radius 1 is 1.38 bits per heavy atom. The highest BCUT2D eigenvalue weighted by molar-refractivity contribution is 7.89. The lowest BCUT2D eigenvalue weighted by molar-refractivity contribution is 0.431. The summed E-state index contributed by atoms with van der Waals surface area (Å²) in [5.74, 6) is -0.718. The molecule has 1 aliphatic rings. The molecule has 3 rings (SSSR count). The zero-order valence-electron chi connectivity index (χ0n) is 11.5. The van der Waals surface area contributed by atoms with E-state index in [4.69, 9.17) is 0 Å². The Labute approximate surface area is 122 Å². The van der Waals surface area contributed by atoms with Gasteiger partial charge in [0, 0.05) is 13.1 Å². The van der Waals surface area contributed by atoms with Gasteiger partial charge >= 0.3 is 0 Å². The molecule has 1 fully saturated rings. The van der Waals surface area contributed by atoms with E-state index in [2.05, 4.69) is 10.1 Å². The van der Waals surface area contributed by atoms with Crippen LogP contribution < -0.4 is 0 Å². The lowest BCUT2D eigenvalue weighted by atomic mass is 10.2. The van der Waals surface area contributed by atoms with Crippen molar-refractivity contribution in [2.75, 3.05) is 13.1 Å². The zero-order chi connectivity index (χ0) is 15.0. The second kappa shape index (κ2) is 5.19. The maximum atomic E-state index is 13.9. The van der Waals surface area contributed by atoms with Crippen molar-refractivity contribution in [3.05, 3.63) is 42.2 Å². The number of hydrogen-bond donors (Lipinski definition) is 0. The van der Waals surface area contributed by atoms with E-state index in [9.17, 15) is 12.8 Å². The van der Waals surface area contributed by atoms with Gasteiger partial charge in [0.05, 0.1) is 6.04 Å². The van der Waals surface area contributed by atoms with Crippen molar-refractivity contribution in [1.29, 1.82) is 0 Å². The van der Waals surface area contributed by atoms with Crippen LogP contribution >= 0.6 is 0 Å². The van der Waals surface area contributed by atoms with Crippen molar-refractivity contribution >= 4 is 10.0 Å². The minimum absolute atomic E-state index is 0.0601. The van der Waals surface area contributed by atoms with E-state index in [-0.39, 0.29) is 17.5 Å². The summed E-state index contributed by atoms with van der Waals surface area (Å²) < 4.78 is 41.9. The fraction of sp³-hybridized carbons (Fsp3) is 0.385. The lowest BCUT2D eigenvalue weighted by Crippen LogP contribution is -2.30. The van der Waals surface area contributed by atoms with Crippen LogP contribution in [-0.2, 0) is 10.0 Å². The van der Waals surface area contributed by atoms with Crippen LogP contribution in [0.3, 0.4) is 0 Å². The van der Waals surface area contributed by atoms with Gasteiger partial charge in [-0.25, -0.2) is 22.5 Å². The highest BCUT2D eigenvalue weighted by Crippen LogP contribution is 2.28. The Kier molecular flexibility index (Phi) is 3.50. The minimum atomic E-state index is -3.82. The molecule has 112 valence electrons. The van der Waals surface area contributed by atoms with Gasteiger partial charge in [-0.2, -0.15) is 9.40 Å². The highest BCUT2D eigenvalue weighted by atomic mass is 32.2. The Bertz CT molecular complexity index is 746. The summed E-state index contributed by atoms with van der Waals surface area (Å²) in [4.78, 5) is 3.60. The summed E-state index contributed by atoms with van der Waals surface area (Å²) in [6, 6.07) is 4.05. The summed E-state index contributed by atoms with van der Waals surface area (Å²) in [6.45, 7) is 2.36. The largest absolute Gasteiger partial charge is 0.249 e. The number of nitrogens with zero attached hydrogens (tertiary/aromatic N) is 4. The van der Waals surface area contributed by atoms with Crippen molar-refractivity contribution in [3.63, 3.8) is 0 Å². The van der Waals surface area contributed by atoms with Gasteiger partial charge in [-0.3, -0.25) is 0 Å². The molecule has 0 amide bonds. The maximum Gasteiger partial charge on any atom is 0.246 e. The van der Waals surface area contributed by atoms with Gasteiger partial charge in [0.1, 0.15) is 23.4 Å². The average Bonchev–Trinajstić information content (AvgIpc) is 3.11. The first-order valence-corrected chi connectivity index (χ1v) is 8.03. The topological polar surface area (TPSA) is 68.1 Å². The van der Waals surface area contributed by atoms with E-state index in [0.717, 1.165) is 0 Å². The van der Waals surface area contributed by atoms with Crippen LogP contribution in [0.25, 0.3) is 0 Å². The van der Waals surface area contributed by atoms with E-state index in [0.29, 0.717) is 18.5 Å². The van der Waals surface area contributed by atoms with Gasteiger partial charge in [0.2, 0.25) is 10.0 Å². The van der Waals surface area contributed by atoms with Crippen LogP contribution in [0.5, 0.6) is 0 Å². The third-order valence-corrected chi connectivity index (χ3v) is 5.52. The molecule has 6 nitrogen and oxygen atoms in total. The monoisotopic (exact) mass is 310 g/mol. The number of sulfonamides is 1. The fourth-order valence-electron chi connectivity index (χ4n) is 2.50. The Morgan fingerprint density at radius 3 is 2.90 bits per heavy atom. The predicted molar refractivity (Wildman–Crippen MR) is 73.6 cm³/mol. The van der Waals surface area contributed by atoms with Crippen LogP contribution in [-0.4, -0.2) is 40.6 Å². The van der Waals surface area contributed by atoms with Gasteiger partial charge in [-0.15, -0.1) is 0 Å². The van der Waals surface area contributed by atoms with E-state index >= 15 is 0 Å². The quantitative estimate of drug-likeness (QED) is 0.858. The molecular formula is C13H15FN4O2S. The van der Waals surface area contributed by atoms with Crippen LogP contribution in [0, 0.1) is 12.7 Å². The van der Waals surface area contributed by atoms with Crippen LogP contribution in [0.1, 0.15) is 18.0 Å². The minimum Gasteiger partial charge on any atom is -0.249 e. The molecule has 1 aromatic carbocycles. The number of aromatic nitrogens is 3. The molecule has 0 N–H and O–H groups in total. The van der Waals surface area contributed by atoms with Crippen LogP contribution in [0.4, 0.5) is 4.39 Å². The van der Waals surface area contributed by atoms with E-state index in [1.807, 2.05) is 0 Å². The van der Waals surface area contributed by atoms with Crippen LogP contribution in [0.15, 0.2) is 35.7 Å². The molecule has 0 unspecified atom stereocenters. The summed E-state index contributed by atoms with van der Waals surface area (Å²) in [5, 5.41) is 4.03. The standard InChI is InChI=1S/C13H15FN4O2S/c1-10-2-3-12(14)13(6-10)21(19,20)17-5-4-11(7-17)18-9-15-8-16-18/h2-3,6,8-9,11H,4-5,7H2,1H3/t11-/m1/s1. The second-order valence-corrected chi connectivity index (χ2v) is 7.02. The third-order valence-electron chi connectivity index (χ3n) is 3.64. The Balaban J connectivity index is 1.88. The second-order valence-electron chi connectivity index (χ2n) is 5.11. The smallest absolute Gasteiger partial charge is 0.246 e. The molecule has 2 heterocycles. The van der Waals surface area contributed by atoms with Gasteiger partial charge in [-0.05, 0) is 31.0 Å². The first kappa shape index (κ1) is 14.2. The van der Waals surface area contributed by atoms with Crippen molar-refractivity contribution in [3.8, 4) is 0 Å². The van der Waals surface area contributed by atoms with Gasteiger partial charge < -0.3 is 0 Å². The highest BCUT2D eigenvalue weighted by Gasteiger charge is 2.35. The number of rotatable bonds is 3. The van der Waals surface area contributed by atoms with Gasteiger partial charge in [0.25, 0.3) is 0 Å². The average molecular weight is 310 g/mol. The number of benzene rings is 1. The molecule has 1 aliphatic heterocycles. The first-order valence-electron chi connectivity index (χ1n) is 6.59. The molecule has 0 aliphatic carbocycles. The SMILES string of the molecule is Cc1ccc(F)c(S(=O)(=O)N2CC[C@@H](n3cncn3)C2)c1. The molecule has 0 spiro atoms. The molecular weight excluding hydrogens is 295 g/mol.